The molecule has 1 N–H and O–H groups in total. The molecule has 2 aromatic carbocycles. The zero-order valence-corrected chi connectivity index (χ0v) is 17.4. The van der Waals surface area contributed by atoms with E-state index < -0.39 is 12.0 Å². The van der Waals surface area contributed by atoms with Crippen LogP contribution in [-0.2, 0) is 22.6 Å². The molecule has 2 heterocycles. The molecule has 6 nitrogen and oxygen atoms in total. The molecule has 0 aliphatic carbocycles. The third-order valence-corrected chi connectivity index (χ3v) is 5.78. The summed E-state index contributed by atoms with van der Waals surface area (Å²) < 4.78 is 15.2. The minimum Gasteiger partial charge on any atom is -0.338 e. The van der Waals surface area contributed by atoms with E-state index in [-0.39, 0.29) is 17.6 Å². The number of hydrogen-bond acceptors (Lipinski definition) is 3. The summed E-state index contributed by atoms with van der Waals surface area (Å²) in [7, 11) is 1.69. The molecule has 1 aromatic heterocycles. The summed E-state index contributed by atoms with van der Waals surface area (Å²) in [6.45, 7) is 0.707. The van der Waals surface area contributed by atoms with E-state index in [1.165, 1.54) is 17.7 Å². The molecule has 31 heavy (non-hydrogen) atoms. The summed E-state index contributed by atoms with van der Waals surface area (Å²) in [6.07, 6.45) is 5.04. The number of benzene rings is 2. The number of anilines is 1. The topological polar surface area (TPSA) is 67.2 Å². The standard InChI is InChI=1S/C24H25FN4O2/c1-28-22(30)12-11-21(23(28)18-7-9-19(25)10-8-18)24(31)27-20-15-26-29(16-20)14-13-17-5-3-2-4-6-17/h2-10,15-16,21,23H,11-14H2,1H3,(H,27,31). The van der Waals surface area contributed by atoms with Crippen molar-refractivity contribution in [3.8, 4) is 0 Å². The van der Waals surface area contributed by atoms with Crippen LogP contribution in [0.4, 0.5) is 10.1 Å². The molecule has 0 bridgehead atoms. The molecular weight excluding hydrogens is 395 g/mol. The maximum Gasteiger partial charge on any atom is 0.230 e. The quantitative estimate of drug-likeness (QED) is 0.659. The van der Waals surface area contributed by atoms with Crippen molar-refractivity contribution in [2.24, 2.45) is 5.92 Å². The fraction of sp³-hybridized carbons (Fsp3) is 0.292. The maximum atomic E-state index is 13.4. The Morgan fingerprint density at radius 3 is 2.65 bits per heavy atom. The number of hydrogen-bond donors (Lipinski definition) is 1. The number of carbonyl (C=O) groups excluding carboxylic acids is 2. The molecule has 3 aromatic rings. The molecule has 0 saturated carbocycles. The molecule has 7 heteroatoms. The Balaban J connectivity index is 1.44. The van der Waals surface area contributed by atoms with Gasteiger partial charge in [-0.3, -0.25) is 14.3 Å². The van der Waals surface area contributed by atoms with Gasteiger partial charge in [-0.05, 0) is 36.1 Å². The van der Waals surface area contributed by atoms with Crippen molar-refractivity contribution in [1.82, 2.24) is 14.7 Å². The highest BCUT2D eigenvalue weighted by molar-refractivity contribution is 5.94. The number of halogens is 1. The van der Waals surface area contributed by atoms with Gasteiger partial charge in [-0.25, -0.2) is 4.39 Å². The lowest BCUT2D eigenvalue weighted by molar-refractivity contribution is -0.140. The zero-order chi connectivity index (χ0) is 21.8. The van der Waals surface area contributed by atoms with Crippen LogP contribution in [0.1, 0.15) is 30.0 Å². The zero-order valence-electron chi connectivity index (χ0n) is 17.4. The molecule has 1 saturated heterocycles. The second-order valence-electron chi connectivity index (χ2n) is 7.86. The third-order valence-electron chi connectivity index (χ3n) is 5.78. The minimum absolute atomic E-state index is 0.0212. The van der Waals surface area contributed by atoms with E-state index in [2.05, 4.69) is 22.5 Å². The Labute approximate surface area is 180 Å². The van der Waals surface area contributed by atoms with E-state index in [0.717, 1.165) is 12.0 Å². The van der Waals surface area contributed by atoms with Crippen molar-refractivity contribution in [3.63, 3.8) is 0 Å². The Bertz CT molecular complexity index is 1050. The number of rotatable bonds is 6. The van der Waals surface area contributed by atoms with Crippen LogP contribution < -0.4 is 5.32 Å². The lowest BCUT2D eigenvalue weighted by Crippen LogP contribution is -2.44. The number of aromatic nitrogens is 2. The fourth-order valence-corrected chi connectivity index (χ4v) is 4.10. The number of aryl methyl sites for hydroxylation is 2. The highest BCUT2D eigenvalue weighted by atomic mass is 19.1. The summed E-state index contributed by atoms with van der Waals surface area (Å²) in [5.74, 6) is -0.971. The van der Waals surface area contributed by atoms with Gasteiger partial charge in [0.15, 0.2) is 0 Å². The van der Waals surface area contributed by atoms with E-state index in [4.69, 9.17) is 0 Å². The van der Waals surface area contributed by atoms with Gasteiger partial charge in [0.2, 0.25) is 11.8 Å². The molecule has 1 fully saturated rings. The first-order chi connectivity index (χ1) is 15.0. The maximum absolute atomic E-state index is 13.4. The highest BCUT2D eigenvalue weighted by Gasteiger charge is 2.39. The van der Waals surface area contributed by atoms with Crippen LogP contribution in [0, 0.1) is 11.7 Å². The molecule has 1 aliphatic rings. The second kappa shape index (κ2) is 9.12. The van der Waals surface area contributed by atoms with E-state index in [0.29, 0.717) is 25.1 Å². The van der Waals surface area contributed by atoms with Crippen molar-refractivity contribution < 1.29 is 14.0 Å². The predicted molar refractivity (Wildman–Crippen MR) is 116 cm³/mol. The molecule has 2 unspecified atom stereocenters. The summed E-state index contributed by atoms with van der Waals surface area (Å²) in [6, 6.07) is 15.7. The van der Waals surface area contributed by atoms with Gasteiger partial charge in [0.05, 0.1) is 23.8 Å². The molecule has 4 rings (SSSR count). The van der Waals surface area contributed by atoms with E-state index >= 15 is 0 Å². The average Bonchev–Trinajstić information content (AvgIpc) is 3.23. The largest absolute Gasteiger partial charge is 0.338 e. The Morgan fingerprint density at radius 2 is 1.90 bits per heavy atom. The first-order valence-electron chi connectivity index (χ1n) is 10.4. The number of nitrogens with zero attached hydrogens (tertiary/aromatic N) is 3. The summed E-state index contributed by atoms with van der Waals surface area (Å²) in [5.41, 5.74) is 2.59. The van der Waals surface area contributed by atoms with Gasteiger partial charge in [-0.15, -0.1) is 0 Å². The van der Waals surface area contributed by atoms with Crippen LogP contribution >= 0.6 is 0 Å². The van der Waals surface area contributed by atoms with Crippen LogP contribution in [0.15, 0.2) is 67.0 Å². The van der Waals surface area contributed by atoms with Crippen molar-refractivity contribution in [3.05, 3.63) is 83.9 Å². The Kier molecular flexibility index (Phi) is 6.11. The van der Waals surface area contributed by atoms with Crippen LogP contribution in [0.2, 0.25) is 0 Å². The molecule has 2 amide bonds. The number of carbonyl (C=O) groups is 2. The number of piperidine rings is 1. The smallest absolute Gasteiger partial charge is 0.230 e. The molecule has 1 aliphatic heterocycles. The van der Waals surface area contributed by atoms with Gasteiger partial charge < -0.3 is 10.2 Å². The van der Waals surface area contributed by atoms with Gasteiger partial charge >= 0.3 is 0 Å². The molecule has 0 radical (unpaired) electrons. The summed E-state index contributed by atoms with van der Waals surface area (Å²) in [5, 5.41) is 7.28. The van der Waals surface area contributed by atoms with Crippen LogP contribution in [0.3, 0.4) is 0 Å². The first kappa shape index (κ1) is 20.8. The number of nitrogens with one attached hydrogen (secondary N) is 1. The van der Waals surface area contributed by atoms with Crippen molar-refractivity contribution in [2.75, 3.05) is 12.4 Å². The first-order valence-corrected chi connectivity index (χ1v) is 10.4. The van der Waals surface area contributed by atoms with Gasteiger partial charge in [0.1, 0.15) is 5.82 Å². The lowest BCUT2D eigenvalue weighted by atomic mass is 9.84. The van der Waals surface area contributed by atoms with Gasteiger partial charge in [0.25, 0.3) is 0 Å². The Morgan fingerprint density at radius 1 is 1.16 bits per heavy atom. The van der Waals surface area contributed by atoms with Crippen LogP contribution in [-0.4, -0.2) is 33.5 Å². The van der Waals surface area contributed by atoms with Crippen molar-refractivity contribution >= 4 is 17.5 Å². The van der Waals surface area contributed by atoms with Crippen LogP contribution in [0.5, 0.6) is 0 Å². The van der Waals surface area contributed by atoms with Crippen LogP contribution in [0.25, 0.3) is 0 Å². The van der Waals surface area contributed by atoms with E-state index in [9.17, 15) is 14.0 Å². The average molecular weight is 420 g/mol. The third kappa shape index (κ3) is 4.82. The van der Waals surface area contributed by atoms with E-state index in [1.807, 2.05) is 24.4 Å². The van der Waals surface area contributed by atoms with Gasteiger partial charge in [-0.1, -0.05) is 42.5 Å². The van der Waals surface area contributed by atoms with Crippen molar-refractivity contribution in [2.45, 2.75) is 31.8 Å². The SMILES string of the molecule is CN1C(=O)CCC(C(=O)Nc2cnn(CCc3ccccc3)c2)C1c1ccc(F)cc1. The van der Waals surface area contributed by atoms with Gasteiger partial charge in [-0.2, -0.15) is 5.10 Å². The van der Waals surface area contributed by atoms with Gasteiger partial charge in [0, 0.05) is 26.2 Å². The normalized spacial score (nSPS) is 18.8. The molecular formula is C24H25FN4O2. The monoisotopic (exact) mass is 420 g/mol. The van der Waals surface area contributed by atoms with Crippen molar-refractivity contribution in [1.29, 1.82) is 0 Å². The molecule has 2 atom stereocenters. The highest BCUT2D eigenvalue weighted by Crippen LogP contribution is 2.36. The molecule has 0 spiro atoms. The lowest BCUT2D eigenvalue weighted by Gasteiger charge is -2.38. The van der Waals surface area contributed by atoms with E-state index in [1.54, 1.807) is 35.0 Å². The number of amides is 2. The second-order valence-corrected chi connectivity index (χ2v) is 7.86. The summed E-state index contributed by atoms with van der Waals surface area (Å²) >= 11 is 0. The fourth-order valence-electron chi connectivity index (χ4n) is 4.10. The predicted octanol–water partition coefficient (Wildman–Crippen LogP) is 3.81. The summed E-state index contributed by atoms with van der Waals surface area (Å²) in [4.78, 5) is 27.0. The Hall–Kier alpha value is -3.48. The number of likely N-dealkylation sites (tertiary alicyclic amines) is 1. The minimum atomic E-state index is -0.435. The molecule has 160 valence electrons.